The molecule has 3 rings (SSSR count). The van der Waals surface area contributed by atoms with Crippen molar-refractivity contribution in [1.29, 1.82) is 0 Å². The maximum absolute atomic E-state index is 4.77. The van der Waals surface area contributed by atoms with Crippen LogP contribution in [0.15, 0.2) is 30.3 Å². The van der Waals surface area contributed by atoms with E-state index in [4.69, 9.17) is 9.97 Å². The molecule has 0 radical (unpaired) electrons. The number of hydrogen-bond acceptors (Lipinski definition) is 6. The van der Waals surface area contributed by atoms with Crippen LogP contribution >= 0.6 is 36.2 Å². The van der Waals surface area contributed by atoms with E-state index in [1.165, 1.54) is 16.0 Å². The molecule has 2 aromatic heterocycles. The highest BCUT2D eigenvalue weighted by Crippen LogP contribution is 2.37. The Labute approximate surface area is 190 Å². The van der Waals surface area contributed by atoms with Gasteiger partial charge in [-0.15, -0.1) is 36.2 Å². The number of anilines is 2. The predicted molar refractivity (Wildman–Crippen MR) is 133 cm³/mol. The third-order valence-electron chi connectivity index (χ3n) is 4.05. The monoisotopic (exact) mass is 455 g/mol. The third-order valence-corrected chi connectivity index (χ3v) is 5.23. The van der Waals surface area contributed by atoms with Crippen LogP contribution in [0.25, 0.3) is 20.7 Å². The summed E-state index contributed by atoms with van der Waals surface area (Å²) in [6.45, 7) is 10.2. The SMILES string of the molecule is Cc1ccc(-c2cc3nc(NC(C)(C)C)nc(NCCN(C)C)c3s2)cc1.Cl.Cl. The number of likely N-dealkylation sites (N-methyl/N-ethyl adjacent to an activating group) is 1. The number of thiophene rings is 1. The molecule has 0 saturated heterocycles. The molecule has 0 bridgehead atoms. The van der Waals surface area contributed by atoms with E-state index in [-0.39, 0.29) is 30.4 Å². The van der Waals surface area contributed by atoms with Crippen LogP contribution in [-0.2, 0) is 0 Å². The van der Waals surface area contributed by atoms with Gasteiger partial charge in [-0.1, -0.05) is 29.8 Å². The van der Waals surface area contributed by atoms with Crippen molar-refractivity contribution in [2.45, 2.75) is 33.2 Å². The van der Waals surface area contributed by atoms with Crippen molar-refractivity contribution in [2.24, 2.45) is 0 Å². The van der Waals surface area contributed by atoms with E-state index in [2.05, 4.69) is 87.7 Å². The maximum atomic E-state index is 4.77. The van der Waals surface area contributed by atoms with Crippen molar-refractivity contribution in [2.75, 3.05) is 37.8 Å². The minimum absolute atomic E-state index is 0. The minimum atomic E-state index is -0.0929. The van der Waals surface area contributed by atoms with Crippen LogP contribution in [-0.4, -0.2) is 47.6 Å². The topological polar surface area (TPSA) is 53.1 Å². The number of benzene rings is 1. The zero-order chi connectivity index (χ0) is 19.6. The van der Waals surface area contributed by atoms with Crippen molar-refractivity contribution in [1.82, 2.24) is 14.9 Å². The summed E-state index contributed by atoms with van der Waals surface area (Å²) in [6, 6.07) is 10.8. The summed E-state index contributed by atoms with van der Waals surface area (Å²) in [4.78, 5) is 12.9. The van der Waals surface area contributed by atoms with E-state index in [0.29, 0.717) is 5.95 Å². The van der Waals surface area contributed by atoms with Gasteiger partial charge in [0.25, 0.3) is 0 Å². The molecule has 0 spiro atoms. The van der Waals surface area contributed by atoms with E-state index in [1.54, 1.807) is 11.3 Å². The lowest BCUT2D eigenvalue weighted by atomic mass is 10.1. The first-order valence-electron chi connectivity index (χ1n) is 9.27. The first kappa shape index (κ1) is 25.4. The number of rotatable bonds is 6. The van der Waals surface area contributed by atoms with Crippen molar-refractivity contribution < 1.29 is 0 Å². The van der Waals surface area contributed by atoms with Crippen LogP contribution in [0.5, 0.6) is 0 Å². The molecule has 0 unspecified atom stereocenters. The van der Waals surface area contributed by atoms with Gasteiger partial charge in [-0.2, -0.15) is 4.98 Å². The van der Waals surface area contributed by atoms with Gasteiger partial charge in [0.1, 0.15) is 5.82 Å². The smallest absolute Gasteiger partial charge is 0.225 e. The van der Waals surface area contributed by atoms with Gasteiger partial charge >= 0.3 is 0 Å². The fraction of sp³-hybridized carbons (Fsp3) is 0.429. The highest BCUT2D eigenvalue weighted by molar-refractivity contribution is 7.22. The van der Waals surface area contributed by atoms with Gasteiger partial charge in [0.2, 0.25) is 5.95 Å². The second-order valence-electron chi connectivity index (χ2n) is 8.19. The number of aryl methyl sites for hydroxylation is 1. The molecule has 0 saturated carbocycles. The summed E-state index contributed by atoms with van der Waals surface area (Å²) in [7, 11) is 4.15. The molecule has 0 amide bonds. The number of fused-ring (bicyclic) bond motifs is 1. The third kappa shape index (κ3) is 7.00. The second-order valence-corrected chi connectivity index (χ2v) is 9.24. The molecule has 3 aromatic rings. The predicted octanol–water partition coefficient (Wildman–Crippen LogP) is 5.69. The Morgan fingerprint density at radius 1 is 1.03 bits per heavy atom. The number of nitrogens with zero attached hydrogens (tertiary/aromatic N) is 3. The van der Waals surface area contributed by atoms with Gasteiger partial charge in [-0.3, -0.25) is 0 Å². The summed E-state index contributed by atoms with van der Waals surface area (Å²) in [6.07, 6.45) is 0. The van der Waals surface area contributed by atoms with E-state index in [0.717, 1.165) is 29.1 Å². The number of aromatic nitrogens is 2. The van der Waals surface area contributed by atoms with Crippen LogP contribution in [0.3, 0.4) is 0 Å². The Morgan fingerprint density at radius 3 is 2.28 bits per heavy atom. The van der Waals surface area contributed by atoms with Gasteiger partial charge < -0.3 is 15.5 Å². The fourth-order valence-electron chi connectivity index (χ4n) is 2.70. The number of hydrogen-bond donors (Lipinski definition) is 2. The first-order valence-corrected chi connectivity index (χ1v) is 10.1. The average molecular weight is 456 g/mol. The van der Waals surface area contributed by atoms with Crippen molar-refractivity contribution >= 4 is 58.1 Å². The molecular weight excluding hydrogens is 425 g/mol. The van der Waals surface area contributed by atoms with Crippen molar-refractivity contribution in [3.8, 4) is 10.4 Å². The van der Waals surface area contributed by atoms with Gasteiger partial charge in [0, 0.05) is 23.5 Å². The van der Waals surface area contributed by atoms with Crippen LogP contribution in [0.1, 0.15) is 26.3 Å². The summed E-state index contributed by atoms with van der Waals surface area (Å²) in [5.74, 6) is 1.56. The minimum Gasteiger partial charge on any atom is -0.367 e. The Balaban J connectivity index is 0.00000210. The lowest BCUT2D eigenvalue weighted by molar-refractivity contribution is 0.425. The molecule has 1 aromatic carbocycles. The molecule has 0 aliphatic rings. The fourth-order valence-corrected chi connectivity index (χ4v) is 3.77. The summed E-state index contributed by atoms with van der Waals surface area (Å²) < 4.78 is 1.10. The van der Waals surface area contributed by atoms with E-state index in [9.17, 15) is 0 Å². The van der Waals surface area contributed by atoms with E-state index >= 15 is 0 Å². The van der Waals surface area contributed by atoms with Crippen LogP contribution < -0.4 is 10.6 Å². The zero-order valence-corrected chi connectivity index (χ0v) is 20.3. The lowest BCUT2D eigenvalue weighted by Gasteiger charge is -2.21. The van der Waals surface area contributed by atoms with Crippen LogP contribution in [0.4, 0.5) is 11.8 Å². The molecule has 2 heterocycles. The maximum Gasteiger partial charge on any atom is 0.225 e. The zero-order valence-electron chi connectivity index (χ0n) is 17.9. The number of halogens is 2. The van der Waals surface area contributed by atoms with Gasteiger partial charge in [0.15, 0.2) is 0 Å². The van der Waals surface area contributed by atoms with E-state index < -0.39 is 0 Å². The highest BCUT2D eigenvalue weighted by Gasteiger charge is 2.16. The highest BCUT2D eigenvalue weighted by atomic mass is 35.5. The summed E-state index contributed by atoms with van der Waals surface area (Å²) >= 11 is 1.74. The van der Waals surface area contributed by atoms with Crippen molar-refractivity contribution in [3.05, 3.63) is 35.9 Å². The molecule has 160 valence electrons. The Morgan fingerprint density at radius 2 is 1.69 bits per heavy atom. The first-order chi connectivity index (χ1) is 12.7. The molecule has 5 nitrogen and oxygen atoms in total. The molecule has 2 N–H and O–H groups in total. The second kappa shape index (κ2) is 10.4. The Hall–Kier alpha value is -1.60. The molecular formula is C21H31Cl2N5S. The number of nitrogens with one attached hydrogen (secondary N) is 2. The molecule has 8 heteroatoms. The Bertz CT molecular complexity index is 917. The molecule has 0 aliphatic heterocycles. The Kier molecular flexibility index (Phi) is 9.15. The molecule has 0 aliphatic carbocycles. The quantitative estimate of drug-likeness (QED) is 0.499. The van der Waals surface area contributed by atoms with Crippen LogP contribution in [0.2, 0.25) is 0 Å². The summed E-state index contributed by atoms with van der Waals surface area (Å²) in [5.41, 5.74) is 3.37. The largest absolute Gasteiger partial charge is 0.367 e. The van der Waals surface area contributed by atoms with Gasteiger partial charge in [-0.05, 0) is 53.4 Å². The standard InChI is InChI=1S/C21H29N5S.2ClH/c1-14-7-9-15(10-8-14)17-13-16-18(27-17)19(22-11-12-26(5)6)24-20(23-16)25-21(2,3)4;;/h7-10,13H,11-12H2,1-6H3,(H2,22,23,24,25);2*1H. The lowest BCUT2D eigenvalue weighted by Crippen LogP contribution is -2.27. The van der Waals surface area contributed by atoms with Gasteiger partial charge in [-0.25, -0.2) is 4.98 Å². The normalized spacial score (nSPS) is 11.1. The molecule has 0 fully saturated rings. The van der Waals surface area contributed by atoms with Gasteiger partial charge in [0.05, 0.1) is 10.2 Å². The summed E-state index contributed by atoms with van der Waals surface area (Å²) in [5, 5.41) is 6.90. The molecule has 29 heavy (non-hydrogen) atoms. The molecule has 0 atom stereocenters. The van der Waals surface area contributed by atoms with Crippen molar-refractivity contribution in [3.63, 3.8) is 0 Å². The van der Waals surface area contributed by atoms with E-state index in [1.807, 2.05) is 0 Å². The average Bonchev–Trinajstić information content (AvgIpc) is 2.97. The van der Waals surface area contributed by atoms with Crippen LogP contribution in [0, 0.1) is 6.92 Å².